The van der Waals surface area contributed by atoms with E-state index in [0.29, 0.717) is 5.02 Å². The monoisotopic (exact) mass is 363 g/mol. The molecule has 3 rings (SSSR count). The first-order valence-electron chi connectivity index (χ1n) is 8.08. The van der Waals surface area contributed by atoms with E-state index in [0.717, 1.165) is 34.0 Å². The Morgan fingerprint density at radius 2 is 2.04 bits per heavy atom. The van der Waals surface area contributed by atoms with Crippen LogP contribution in [-0.2, 0) is 5.54 Å². The van der Waals surface area contributed by atoms with Gasteiger partial charge in [-0.05, 0) is 45.2 Å². The molecule has 0 saturated heterocycles. The lowest BCUT2D eigenvalue weighted by atomic mass is 10.1. The molecule has 0 spiro atoms. The molecule has 1 aliphatic carbocycles. The highest BCUT2D eigenvalue weighted by Crippen LogP contribution is 2.48. The fraction of sp³-hybridized carbons (Fsp3) is 0.444. The first-order valence-corrected chi connectivity index (χ1v) is 9.27. The number of benzene rings is 1. The third-order valence-electron chi connectivity index (χ3n) is 4.72. The van der Waals surface area contributed by atoms with Gasteiger partial charge in [0.05, 0.1) is 22.3 Å². The van der Waals surface area contributed by atoms with Crippen molar-refractivity contribution >= 4 is 29.0 Å². The van der Waals surface area contributed by atoms with Crippen LogP contribution in [0.4, 0.5) is 4.79 Å². The van der Waals surface area contributed by atoms with Gasteiger partial charge < -0.3 is 10.2 Å². The summed E-state index contributed by atoms with van der Waals surface area (Å²) in [7, 11) is 1.82. The molecule has 24 heavy (non-hydrogen) atoms. The van der Waals surface area contributed by atoms with Crippen LogP contribution in [0.3, 0.4) is 0 Å². The fourth-order valence-electron chi connectivity index (χ4n) is 3.02. The molecular weight excluding hydrogens is 342 g/mol. The molecule has 1 unspecified atom stereocenters. The summed E-state index contributed by atoms with van der Waals surface area (Å²) in [5.41, 5.74) is 1.65. The molecule has 1 aromatic carbocycles. The van der Waals surface area contributed by atoms with Crippen LogP contribution in [0.25, 0.3) is 0 Å². The van der Waals surface area contributed by atoms with Gasteiger partial charge in [0.1, 0.15) is 0 Å². The Labute approximate surface area is 151 Å². The normalized spacial score (nSPS) is 16.5. The van der Waals surface area contributed by atoms with Crippen LogP contribution >= 0.6 is 22.9 Å². The van der Waals surface area contributed by atoms with E-state index in [1.807, 2.05) is 52.1 Å². The molecule has 4 nitrogen and oxygen atoms in total. The van der Waals surface area contributed by atoms with Crippen molar-refractivity contribution in [3.8, 4) is 0 Å². The fourth-order valence-corrected chi connectivity index (χ4v) is 4.25. The molecule has 1 N–H and O–H groups in total. The van der Waals surface area contributed by atoms with Gasteiger partial charge in [-0.3, -0.25) is 0 Å². The van der Waals surface area contributed by atoms with Crippen molar-refractivity contribution < 1.29 is 4.79 Å². The van der Waals surface area contributed by atoms with Gasteiger partial charge in [-0.1, -0.05) is 29.8 Å². The minimum atomic E-state index is -0.323. The summed E-state index contributed by atoms with van der Waals surface area (Å²) < 4.78 is 0. The zero-order valence-electron chi connectivity index (χ0n) is 14.4. The summed E-state index contributed by atoms with van der Waals surface area (Å²) in [6, 6.07) is 7.57. The number of carbonyl (C=O) groups is 1. The first kappa shape index (κ1) is 17.2. The third-order valence-corrected chi connectivity index (χ3v) is 5.95. The number of nitrogens with one attached hydrogen (secondary N) is 1. The lowest BCUT2D eigenvalue weighted by molar-refractivity contribution is 0.188. The minimum absolute atomic E-state index is 0.0722. The van der Waals surface area contributed by atoms with E-state index >= 15 is 0 Å². The van der Waals surface area contributed by atoms with Crippen LogP contribution < -0.4 is 5.32 Å². The number of carbonyl (C=O) groups excluding carboxylic acids is 1. The molecule has 0 bridgehead atoms. The molecule has 6 heteroatoms. The molecular formula is C18H22ClN3OS. The van der Waals surface area contributed by atoms with Gasteiger partial charge in [-0.15, -0.1) is 11.3 Å². The standard InChI is InChI=1S/C18H22ClN3OS/c1-11(16-12(2)24-13(3)20-16)22(4)17(23)21-18(9-10-18)14-7-5-6-8-15(14)19/h5-8,11H,9-10H2,1-4H3,(H,21,23). The van der Waals surface area contributed by atoms with E-state index in [1.54, 1.807) is 16.2 Å². The maximum absolute atomic E-state index is 12.8. The van der Waals surface area contributed by atoms with Crippen molar-refractivity contribution in [2.75, 3.05) is 7.05 Å². The van der Waals surface area contributed by atoms with E-state index in [9.17, 15) is 4.79 Å². The van der Waals surface area contributed by atoms with Crippen LogP contribution in [-0.4, -0.2) is 23.0 Å². The molecule has 0 radical (unpaired) electrons. The number of aryl methyl sites for hydroxylation is 2. The predicted octanol–water partition coefficient (Wildman–Crippen LogP) is 4.81. The summed E-state index contributed by atoms with van der Waals surface area (Å²) in [6.45, 7) is 6.05. The number of hydrogen-bond acceptors (Lipinski definition) is 3. The molecule has 0 aliphatic heterocycles. The Balaban J connectivity index is 1.75. The topological polar surface area (TPSA) is 45.2 Å². The van der Waals surface area contributed by atoms with Crippen LogP contribution in [0.5, 0.6) is 0 Å². The summed E-state index contributed by atoms with van der Waals surface area (Å²) in [5, 5.41) is 4.91. The van der Waals surface area contributed by atoms with Crippen molar-refractivity contribution in [3.63, 3.8) is 0 Å². The van der Waals surface area contributed by atoms with Gasteiger partial charge in [-0.2, -0.15) is 0 Å². The molecule has 1 fully saturated rings. The summed E-state index contributed by atoms with van der Waals surface area (Å²) in [5.74, 6) is 0. The lowest BCUT2D eigenvalue weighted by Gasteiger charge is -2.28. The van der Waals surface area contributed by atoms with Gasteiger partial charge >= 0.3 is 6.03 Å². The molecule has 2 amide bonds. The molecule has 1 heterocycles. The Morgan fingerprint density at radius 3 is 2.58 bits per heavy atom. The molecule has 2 aromatic rings. The number of urea groups is 1. The molecule has 1 atom stereocenters. The second-order valence-corrected chi connectivity index (χ2v) is 8.27. The third kappa shape index (κ3) is 3.15. The summed E-state index contributed by atoms with van der Waals surface area (Å²) in [6.07, 6.45) is 1.83. The second-order valence-electron chi connectivity index (χ2n) is 6.45. The van der Waals surface area contributed by atoms with E-state index in [2.05, 4.69) is 10.3 Å². The number of rotatable bonds is 4. The average Bonchev–Trinajstić information content (AvgIpc) is 3.23. The lowest BCUT2D eigenvalue weighted by Crippen LogP contribution is -2.44. The molecule has 1 aliphatic rings. The predicted molar refractivity (Wildman–Crippen MR) is 98.7 cm³/mol. The van der Waals surface area contributed by atoms with Crippen molar-refractivity contribution in [1.82, 2.24) is 15.2 Å². The van der Waals surface area contributed by atoms with Crippen LogP contribution in [0.2, 0.25) is 5.02 Å². The summed E-state index contributed by atoms with van der Waals surface area (Å²) >= 11 is 7.98. The Kier molecular flexibility index (Phi) is 4.58. The van der Waals surface area contributed by atoms with Crippen LogP contribution in [0.1, 0.15) is 46.9 Å². The SMILES string of the molecule is Cc1nc(C(C)N(C)C(=O)NC2(c3ccccc3Cl)CC2)c(C)s1. The van der Waals surface area contributed by atoms with Gasteiger partial charge in [0.15, 0.2) is 0 Å². The number of aromatic nitrogens is 1. The van der Waals surface area contributed by atoms with E-state index in [4.69, 9.17) is 11.6 Å². The minimum Gasteiger partial charge on any atom is -0.328 e. The average molecular weight is 364 g/mol. The molecule has 128 valence electrons. The number of nitrogens with zero attached hydrogens (tertiary/aromatic N) is 2. The Hall–Kier alpha value is -1.59. The van der Waals surface area contributed by atoms with Gasteiger partial charge in [0, 0.05) is 16.9 Å². The zero-order valence-corrected chi connectivity index (χ0v) is 16.0. The van der Waals surface area contributed by atoms with Crippen LogP contribution in [0.15, 0.2) is 24.3 Å². The number of thiazole rings is 1. The van der Waals surface area contributed by atoms with Gasteiger partial charge in [0.25, 0.3) is 0 Å². The molecule has 1 saturated carbocycles. The Bertz CT molecular complexity index is 769. The van der Waals surface area contributed by atoms with Crippen molar-refractivity contribution in [3.05, 3.63) is 50.4 Å². The van der Waals surface area contributed by atoms with Crippen molar-refractivity contribution in [2.45, 2.75) is 45.2 Å². The van der Waals surface area contributed by atoms with E-state index in [-0.39, 0.29) is 17.6 Å². The van der Waals surface area contributed by atoms with Gasteiger partial charge in [0.2, 0.25) is 0 Å². The van der Waals surface area contributed by atoms with E-state index in [1.165, 1.54) is 0 Å². The highest BCUT2D eigenvalue weighted by molar-refractivity contribution is 7.11. The maximum atomic E-state index is 12.8. The van der Waals surface area contributed by atoms with Crippen LogP contribution in [0, 0.1) is 13.8 Å². The molecule has 1 aromatic heterocycles. The first-order chi connectivity index (χ1) is 11.3. The number of amides is 2. The number of halogens is 1. The highest BCUT2D eigenvalue weighted by Gasteiger charge is 2.47. The van der Waals surface area contributed by atoms with Crippen molar-refractivity contribution in [1.29, 1.82) is 0 Å². The number of hydrogen-bond donors (Lipinski definition) is 1. The largest absolute Gasteiger partial charge is 0.328 e. The van der Waals surface area contributed by atoms with E-state index < -0.39 is 0 Å². The highest BCUT2D eigenvalue weighted by atomic mass is 35.5. The smallest absolute Gasteiger partial charge is 0.318 e. The zero-order chi connectivity index (χ0) is 17.5. The quantitative estimate of drug-likeness (QED) is 0.847. The second kappa shape index (κ2) is 6.37. The Morgan fingerprint density at radius 1 is 1.38 bits per heavy atom. The summed E-state index contributed by atoms with van der Waals surface area (Å²) in [4.78, 5) is 20.2. The van der Waals surface area contributed by atoms with Crippen molar-refractivity contribution in [2.24, 2.45) is 0 Å². The van der Waals surface area contributed by atoms with Gasteiger partial charge in [-0.25, -0.2) is 9.78 Å². The maximum Gasteiger partial charge on any atom is 0.318 e.